The molecule has 0 saturated heterocycles. The van der Waals surface area contributed by atoms with E-state index in [9.17, 15) is 4.79 Å². The predicted molar refractivity (Wildman–Crippen MR) is 105 cm³/mol. The summed E-state index contributed by atoms with van der Waals surface area (Å²) in [6.07, 6.45) is 8.13. The maximum atomic E-state index is 12.3. The van der Waals surface area contributed by atoms with Gasteiger partial charge in [0.2, 0.25) is 5.91 Å². The quantitative estimate of drug-likeness (QED) is 0.692. The second kappa shape index (κ2) is 10.7. The molecule has 0 aliphatic heterocycles. The molecule has 0 aromatic heterocycles. The van der Waals surface area contributed by atoms with Crippen molar-refractivity contribution in [2.45, 2.75) is 76.9 Å². The lowest BCUT2D eigenvalue weighted by Gasteiger charge is -2.31. The number of carbonyl (C=O) groups excluding carboxylic acids is 1. The molecule has 5 heteroatoms. The fourth-order valence-electron chi connectivity index (χ4n) is 3.36. The molecule has 0 bridgehead atoms. The maximum absolute atomic E-state index is 12.3. The highest BCUT2D eigenvalue weighted by Crippen LogP contribution is 2.25. The molecule has 3 N–H and O–H groups in total. The van der Waals surface area contributed by atoms with E-state index in [1.165, 1.54) is 12.8 Å². The lowest BCUT2D eigenvalue weighted by atomic mass is 9.92. The first-order valence-corrected chi connectivity index (χ1v) is 9.37. The highest BCUT2D eigenvalue weighted by molar-refractivity contribution is 5.85. The van der Waals surface area contributed by atoms with E-state index in [1.807, 2.05) is 12.1 Å². The molecule has 0 unspecified atom stereocenters. The normalized spacial score (nSPS) is 14.8. The van der Waals surface area contributed by atoms with Gasteiger partial charge in [0.25, 0.3) is 0 Å². The zero-order chi connectivity index (χ0) is 17.4. The van der Waals surface area contributed by atoms with Crippen molar-refractivity contribution in [1.82, 2.24) is 5.32 Å². The molecule has 1 fully saturated rings. The number of ether oxygens (including phenoxy) is 1. The number of aryl methyl sites for hydroxylation is 1. The molecule has 1 saturated carbocycles. The summed E-state index contributed by atoms with van der Waals surface area (Å²) in [5.74, 6) is 1.00. The van der Waals surface area contributed by atoms with Crippen molar-refractivity contribution in [3.63, 3.8) is 0 Å². The van der Waals surface area contributed by atoms with Gasteiger partial charge in [0, 0.05) is 13.0 Å². The molecular weight excluding hydrogens is 336 g/mol. The van der Waals surface area contributed by atoms with Gasteiger partial charge in [-0.1, -0.05) is 26.0 Å². The van der Waals surface area contributed by atoms with Crippen molar-refractivity contribution >= 4 is 18.3 Å². The largest absolute Gasteiger partial charge is 0.490 e. The van der Waals surface area contributed by atoms with E-state index in [-0.39, 0.29) is 23.9 Å². The van der Waals surface area contributed by atoms with Crippen molar-refractivity contribution in [3.8, 4) is 5.75 Å². The fraction of sp³-hybridized carbons (Fsp3) is 0.650. The lowest BCUT2D eigenvalue weighted by Crippen LogP contribution is -2.52. The van der Waals surface area contributed by atoms with Crippen LogP contribution in [0.3, 0.4) is 0 Å². The van der Waals surface area contributed by atoms with Gasteiger partial charge in [-0.05, 0) is 62.6 Å². The zero-order valence-corrected chi connectivity index (χ0v) is 16.4. The second-order valence-electron chi connectivity index (χ2n) is 6.91. The second-order valence-corrected chi connectivity index (χ2v) is 6.91. The van der Waals surface area contributed by atoms with Gasteiger partial charge in [0.05, 0.1) is 11.6 Å². The summed E-state index contributed by atoms with van der Waals surface area (Å²) in [5.41, 5.74) is 6.74. The molecule has 1 aliphatic rings. The Bertz CT molecular complexity index is 518. The van der Waals surface area contributed by atoms with Crippen LogP contribution in [0.1, 0.15) is 64.4 Å². The first kappa shape index (κ1) is 21.8. The Labute approximate surface area is 158 Å². The van der Waals surface area contributed by atoms with Crippen LogP contribution in [0.25, 0.3) is 0 Å². The molecule has 1 amide bonds. The third-order valence-corrected chi connectivity index (χ3v) is 5.29. The first-order chi connectivity index (χ1) is 11.6. The number of hydrogen-bond acceptors (Lipinski definition) is 3. The standard InChI is InChI=1S/C20H32N2O2.ClH/c1-3-20(4-2,15-21)22-19(23)13-12-16-8-7-11-18(14-16)24-17-9-5-6-10-17;/h7-8,11,14,17H,3-6,9-10,12-13,15,21H2,1-2H3,(H,22,23);1H. The third-order valence-electron chi connectivity index (χ3n) is 5.29. The van der Waals surface area contributed by atoms with E-state index in [1.54, 1.807) is 0 Å². The lowest BCUT2D eigenvalue weighted by molar-refractivity contribution is -0.123. The number of halogens is 1. The van der Waals surface area contributed by atoms with Crippen LogP contribution in [-0.2, 0) is 11.2 Å². The van der Waals surface area contributed by atoms with E-state index in [2.05, 4.69) is 31.3 Å². The summed E-state index contributed by atoms with van der Waals surface area (Å²) >= 11 is 0. The summed E-state index contributed by atoms with van der Waals surface area (Å²) in [5, 5.41) is 3.13. The number of carbonyl (C=O) groups is 1. The highest BCUT2D eigenvalue weighted by Gasteiger charge is 2.25. The molecule has 1 aromatic rings. The summed E-state index contributed by atoms with van der Waals surface area (Å²) in [7, 11) is 0. The zero-order valence-electron chi connectivity index (χ0n) is 15.6. The van der Waals surface area contributed by atoms with Gasteiger partial charge in [-0.2, -0.15) is 0 Å². The minimum atomic E-state index is -0.259. The van der Waals surface area contributed by atoms with E-state index >= 15 is 0 Å². The number of amides is 1. The first-order valence-electron chi connectivity index (χ1n) is 9.37. The van der Waals surface area contributed by atoms with Crippen molar-refractivity contribution in [2.24, 2.45) is 5.73 Å². The van der Waals surface area contributed by atoms with Crippen LogP contribution in [0.4, 0.5) is 0 Å². The van der Waals surface area contributed by atoms with E-state index in [4.69, 9.17) is 10.5 Å². The number of benzene rings is 1. The molecule has 25 heavy (non-hydrogen) atoms. The smallest absolute Gasteiger partial charge is 0.220 e. The summed E-state index contributed by atoms with van der Waals surface area (Å²) in [6.45, 7) is 4.62. The van der Waals surface area contributed by atoms with Gasteiger partial charge in [-0.25, -0.2) is 0 Å². The summed E-state index contributed by atoms with van der Waals surface area (Å²) in [4.78, 5) is 12.3. The van der Waals surface area contributed by atoms with Crippen molar-refractivity contribution in [1.29, 1.82) is 0 Å². The molecule has 2 rings (SSSR count). The van der Waals surface area contributed by atoms with Crippen LogP contribution in [0, 0.1) is 0 Å². The molecular formula is C20H33ClN2O2. The Kier molecular flexibility index (Phi) is 9.30. The molecule has 1 aliphatic carbocycles. The van der Waals surface area contributed by atoms with Crippen LogP contribution in [0.5, 0.6) is 5.75 Å². The topological polar surface area (TPSA) is 64.3 Å². The van der Waals surface area contributed by atoms with Crippen LogP contribution in [-0.4, -0.2) is 24.1 Å². The van der Waals surface area contributed by atoms with Crippen LogP contribution in [0.15, 0.2) is 24.3 Å². The van der Waals surface area contributed by atoms with E-state index in [0.29, 0.717) is 19.1 Å². The Hall–Kier alpha value is -1.26. The van der Waals surface area contributed by atoms with E-state index < -0.39 is 0 Å². The summed E-state index contributed by atoms with van der Waals surface area (Å²) < 4.78 is 6.04. The van der Waals surface area contributed by atoms with Crippen molar-refractivity contribution in [2.75, 3.05) is 6.54 Å². The monoisotopic (exact) mass is 368 g/mol. The molecule has 0 atom stereocenters. The highest BCUT2D eigenvalue weighted by atomic mass is 35.5. The Balaban J connectivity index is 0.00000312. The molecule has 0 spiro atoms. The van der Waals surface area contributed by atoms with Gasteiger partial charge in [-0.15, -0.1) is 12.4 Å². The average Bonchev–Trinajstić information content (AvgIpc) is 3.11. The minimum absolute atomic E-state index is 0. The number of nitrogens with two attached hydrogens (primary N) is 1. The van der Waals surface area contributed by atoms with Gasteiger partial charge >= 0.3 is 0 Å². The van der Waals surface area contributed by atoms with Crippen LogP contribution in [0.2, 0.25) is 0 Å². The SMILES string of the molecule is CCC(CC)(CN)NC(=O)CCc1cccc(OC2CCCC2)c1.Cl. The Morgan fingerprint density at radius 3 is 2.56 bits per heavy atom. The molecule has 0 heterocycles. The Morgan fingerprint density at radius 1 is 1.28 bits per heavy atom. The molecule has 1 aromatic carbocycles. The van der Waals surface area contributed by atoms with Crippen LogP contribution < -0.4 is 15.8 Å². The number of rotatable bonds is 9. The van der Waals surface area contributed by atoms with Gasteiger partial charge in [0.15, 0.2) is 0 Å². The predicted octanol–water partition coefficient (Wildman–Crippen LogP) is 4.00. The molecule has 142 valence electrons. The number of nitrogens with one attached hydrogen (secondary N) is 1. The van der Waals surface area contributed by atoms with Gasteiger partial charge in [-0.3, -0.25) is 4.79 Å². The molecule has 0 radical (unpaired) electrons. The van der Waals surface area contributed by atoms with Crippen molar-refractivity contribution < 1.29 is 9.53 Å². The average molecular weight is 369 g/mol. The fourth-order valence-corrected chi connectivity index (χ4v) is 3.36. The van der Waals surface area contributed by atoms with Gasteiger partial charge in [0.1, 0.15) is 5.75 Å². The maximum Gasteiger partial charge on any atom is 0.220 e. The minimum Gasteiger partial charge on any atom is -0.490 e. The van der Waals surface area contributed by atoms with Gasteiger partial charge < -0.3 is 15.8 Å². The summed E-state index contributed by atoms with van der Waals surface area (Å²) in [6, 6.07) is 8.15. The molecule has 4 nitrogen and oxygen atoms in total. The van der Waals surface area contributed by atoms with Crippen LogP contribution >= 0.6 is 12.4 Å². The number of hydrogen-bond donors (Lipinski definition) is 2. The van der Waals surface area contributed by atoms with E-state index in [0.717, 1.165) is 43.4 Å². The Morgan fingerprint density at radius 2 is 1.96 bits per heavy atom. The third kappa shape index (κ3) is 6.52. The van der Waals surface area contributed by atoms with Crippen molar-refractivity contribution in [3.05, 3.63) is 29.8 Å².